The Morgan fingerprint density at radius 2 is 1.86 bits per heavy atom. The van der Waals surface area contributed by atoms with Gasteiger partial charge in [-0.1, -0.05) is 53.2 Å². The van der Waals surface area contributed by atoms with Crippen LogP contribution in [0.2, 0.25) is 0 Å². The average molecular weight is 520 g/mol. The van der Waals surface area contributed by atoms with Crippen molar-refractivity contribution in [1.82, 2.24) is 9.46 Å². The van der Waals surface area contributed by atoms with Crippen molar-refractivity contribution in [2.75, 3.05) is 24.5 Å². The number of amides is 1. The highest BCUT2D eigenvalue weighted by Crippen LogP contribution is 2.33. The Kier molecular flexibility index (Phi) is 7.05. The quantitative estimate of drug-likeness (QED) is 0.466. The number of hydrogen-bond acceptors (Lipinski definition) is 5. The molecule has 1 atom stereocenters. The largest absolute Gasteiger partial charge is 0.355 e. The van der Waals surface area contributed by atoms with Crippen LogP contribution in [0, 0.1) is 26.7 Å². The molecule has 7 nitrogen and oxygen atoms in total. The Morgan fingerprint density at radius 3 is 2.70 bits per heavy atom. The summed E-state index contributed by atoms with van der Waals surface area (Å²) in [6, 6.07) is 14.1. The molecule has 8 heteroatoms. The van der Waals surface area contributed by atoms with Gasteiger partial charge >= 0.3 is 0 Å². The summed E-state index contributed by atoms with van der Waals surface area (Å²) in [7, 11) is -3.91. The Hall–Kier alpha value is -3.23. The number of fused-ring (bicyclic) bond motifs is 1. The van der Waals surface area contributed by atoms with Gasteiger partial charge in [0, 0.05) is 25.3 Å². The molecule has 1 unspecified atom stereocenters. The number of anilines is 1. The first-order valence-electron chi connectivity index (χ1n) is 12.9. The van der Waals surface area contributed by atoms with Gasteiger partial charge in [0.2, 0.25) is 15.9 Å². The maximum atomic E-state index is 13.8. The zero-order valence-corrected chi connectivity index (χ0v) is 22.4. The van der Waals surface area contributed by atoms with Crippen molar-refractivity contribution in [2.24, 2.45) is 5.92 Å². The highest BCUT2D eigenvalue weighted by atomic mass is 32.2. The van der Waals surface area contributed by atoms with Gasteiger partial charge in [-0.2, -0.15) is 4.31 Å². The highest BCUT2D eigenvalue weighted by molar-refractivity contribution is 7.89. The van der Waals surface area contributed by atoms with E-state index >= 15 is 0 Å². The van der Waals surface area contributed by atoms with E-state index in [9.17, 15) is 13.2 Å². The lowest BCUT2D eigenvalue weighted by Gasteiger charge is -2.36. The van der Waals surface area contributed by atoms with E-state index in [0.29, 0.717) is 31.6 Å². The fourth-order valence-electron chi connectivity index (χ4n) is 5.38. The summed E-state index contributed by atoms with van der Waals surface area (Å²) >= 11 is 0. The number of benzene rings is 2. The lowest BCUT2D eigenvalue weighted by molar-refractivity contribution is -0.123. The minimum absolute atomic E-state index is 0.00383. The second kappa shape index (κ2) is 10.3. The van der Waals surface area contributed by atoms with Crippen molar-refractivity contribution >= 4 is 33.8 Å². The molecule has 2 aliphatic heterocycles. The molecule has 1 amide bonds. The number of carbonyl (C=O) groups excluding carboxylic acids is 1. The summed E-state index contributed by atoms with van der Waals surface area (Å²) in [5.41, 5.74) is 5.63. The van der Waals surface area contributed by atoms with E-state index in [0.717, 1.165) is 35.2 Å². The SMILES string of the molecule is Cc1ccc(C)c(/C=C/c2onc(C)c2S(=O)(=O)N2CCCC(C(=O)N3CCCc4ccccc43)C2)c1. The summed E-state index contributed by atoms with van der Waals surface area (Å²) in [5, 5.41) is 3.98. The molecule has 0 aliphatic carbocycles. The van der Waals surface area contributed by atoms with Gasteiger partial charge in [-0.3, -0.25) is 4.79 Å². The molecule has 1 aromatic heterocycles. The maximum Gasteiger partial charge on any atom is 0.248 e. The Morgan fingerprint density at radius 1 is 1.05 bits per heavy atom. The third-order valence-electron chi connectivity index (χ3n) is 7.39. The molecular weight excluding hydrogens is 486 g/mol. The number of rotatable bonds is 5. The van der Waals surface area contributed by atoms with E-state index in [1.807, 2.05) is 61.2 Å². The van der Waals surface area contributed by atoms with Gasteiger partial charge in [0.1, 0.15) is 5.69 Å². The van der Waals surface area contributed by atoms with Crippen molar-refractivity contribution < 1.29 is 17.7 Å². The monoisotopic (exact) mass is 519 g/mol. The Bertz CT molecular complexity index is 1460. The van der Waals surface area contributed by atoms with E-state index < -0.39 is 10.0 Å². The fraction of sp³-hybridized carbons (Fsp3) is 0.379. The van der Waals surface area contributed by atoms with Crippen LogP contribution in [-0.2, 0) is 21.2 Å². The van der Waals surface area contributed by atoms with Crippen LogP contribution in [0.3, 0.4) is 0 Å². The molecule has 0 radical (unpaired) electrons. The number of carbonyl (C=O) groups is 1. The molecular formula is C29H33N3O4S. The van der Waals surface area contributed by atoms with E-state index in [4.69, 9.17) is 4.52 Å². The van der Waals surface area contributed by atoms with E-state index in [1.54, 1.807) is 13.0 Å². The second-order valence-electron chi connectivity index (χ2n) is 10.1. The van der Waals surface area contributed by atoms with Crippen LogP contribution >= 0.6 is 0 Å². The summed E-state index contributed by atoms with van der Waals surface area (Å²) in [6.07, 6.45) is 6.70. The fourth-order valence-corrected chi connectivity index (χ4v) is 7.15. The average Bonchev–Trinajstić information content (AvgIpc) is 3.29. The standard InChI is InChI=1S/C29H33N3O4S/c1-20-12-13-21(2)24(18-20)14-15-27-28(22(3)30-36-27)37(34,35)31-16-6-10-25(19-31)29(33)32-17-7-9-23-8-4-5-11-26(23)32/h4-5,8,11-15,18,25H,6-7,9-10,16-17,19H2,1-3H3/b15-14+. The first-order valence-corrected chi connectivity index (χ1v) is 14.3. The molecule has 3 heterocycles. The molecule has 5 rings (SSSR count). The molecule has 2 aliphatic rings. The molecule has 0 saturated carbocycles. The van der Waals surface area contributed by atoms with Gasteiger partial charge in [-0.25, -0.2) is 8.42 Å². The zero-order valence-electron chi connectivity index (χ0n) is 21.6. The van der Waals surface area contributed by atoms with E-state index in [2.05, 4.69) is 11.2 Å². The van der Waals surface area contributed by atoms with Crippen molar-refractivity contribution in [3.63, 3.8) is 0 Å². The van der Waals surface area contributed by atoms with Crippen molar-refractivity contribution in [3.05, 3.63) is 76.2 Å². The van der Waals surface area contributed by atoms with E-state index in [1.165, 1.54) is 9.87 Å². The molecule has 37 heavy (non-hydrogen) atoms. The topological polar surface area (TPSA) is 83.7 Å². The van der Waals surface area contributed by atoms with Gasteiger partial charge in [-0.15, -0.1) is 0 Å². The number of aromatic nitrogens is 1. The van der Waals surface area contributed by atoms with Crippen molar-refractivity contribution in [3.8, 4) is 0 Å². The normalized spacial score (nSPS) is 18.8. The molecule has 3 aromatic rings. The lowest BCUT2D eigenvalue weighted by atomic mass is 9.95. The number of aryl methyl sites for hydroxylation is 4. The van der Waals surface area contributed by atoms with E-state index in [-0.39, 0.29) is 29.0 Å². The van der Waals surface area contributed by atoms with Crippen LogP contribution in [0.25, 0.3) is 12.2 Å². The maximum absolute atomic E-state index is 13.8. The van der Waals surface area contributed by atoms with Crippen molar-refractivity contribution in [1.29, 1.82) is 0 Å². The minimum Gasteiger partial charge on any atom is -0.355 e. The zero-order chi connectivity index (χ0) is 26.2. The highest BCUT2D eigenvalue weighted by Gasteiger charge is 2.38. The number of nitrogens with zero attached hydrogens (tertiary/aromatic N) is 3. The predicted molar refractivity (Wildman–Crippen MR) is 145 cm³/mol. The van der Waals surface area contributed by atoms with Gasteiger partial charge in [0.25, 0.3) is 0 Å². The first kappa shape index (κ1) is 25.4. The smallest absolute Gasteiger partial charge is 0.248 e. The molecule has 0 bridgehead atoms. The molecule has 0 spiro atoms. The van der Waals surface area contributed by atoms with Gasteiger partial charge < -0.3 is 9.42 Å². The Balaban J connectivity index is 1.39. The number of hydrogen-bond donors (Lipinski definition) is 0. The minimum atomic E-state index is -3.91. The lowest BCUT2D eigenvalue weighted by Crippen LogP contribution is -2.48. The molecule has 194 valence electrons. The van der Waals surface area contributed by atoms with Gasteiger partial charge in [0.05, 0.1) is 5.92 Å². The summed E-state index contributed by atoms with van der Waals surface area (Å²) in [6.45, 7) is 6.86. The number of piperidine rings is 1. The molecule has 1 fully saturated rings. The Labute approximate surface area is 218 Å². The summed E-state index contributed by atoms with van der Waals surface area (Å²) in [5.74, 6) is -0.176. The van der Waals surface area contributed by atoms with Crippen LogP contribution in [0.15, 0.2) is 51.9 Å². The number of sulfonamides is 1. The van der Waals surface area contributed by atoms with Crippen molar-refractivity contribution in [2.45, 2.75) is 51.3 Å². The van der Waals surface area contributed by atoms with Gasteiger partial charge in [-0.05, 0) is 75.3 Å². The molecule has 0 N–H and O–H groups in total. The van der Waals surface area contributed by atoms with Crippen LogP contribution < -0.4 is 4.90 Å². The molecule has 1 saturated heterocycles. The summed E-state index contributed by atoms with van der Waals surface area (Å²) in [4.78, 5) is 15.5. The second-order valence-corrected chi connectivity index (χ2v) is 12.0. The third kappa shape index (κ3) is 5.00. The van der Waals surface area contributed by atoms with Crippen LogP contribution in [0.4, 0.5) is 5.69 Å². The number of para-hydroxylation sites is 1. The predicted octanol–water partition coefficient (Wildman–Crippen LogP) is 5.15. The van der Waals surface area contributed by atoms with Crippen LogP contribution in [-0.4, -0.2) is 43.4 Å². The molecule has 2 aromatic carbocycles. The van der Waals surface area contributed by atoms with Gasteiger partial charge in [0.15, 0.2) is 10.7 Å². The van der Waals surface area contributed by atoms with Crippen LogP contribution in [0.5, 0.6) is 0 Å². The first-order chi connectivity index (χ1) is 17.8. The summed E-state index contributed by atoms with van der Waals surface area (Å²) < 4.78 is 34.6. The third-order valence-corrected chi connectivity index (χ3v) is 9.41. The van der Waals surface area contributed by atoms with Crippen LogP contribution in [0.1, 0.15) is 53.0 Å².